The molecule has 4 rings (SSSR count). The minimum absolute atomic E-state index is 0.116. The summed E-state index contributed by atoms with van der Waals surface area (Å²) in [6.07, 6.45) is 5.49. The SMILES string of the molecule is CCOC(=O)C(C)(OC1C=C2OCCn3cc(-c4nc(C)nn4C(C)C)nc3C2=CC1)C(=O)OCC. The Morgan fingerprint density at radius 2 is 1.86 bits per heavy atom. The molecule has 0 bridgehead atoms. The molecular weight excluding hydrogens is 466 g/mol. The van der Waals surface area contributed by atoms with Crippen LogP contribution >= 0.6 is 0 Å². The number of ether oxygens (including phenoxy) is 4. The second-order valence-corrected chi connectivity index (χ2v) is 9.03. The van der Waals surface area contributed by atoms with Gasteiger partial charge in [0, 0.05) is 12.2 Å². The lowest BCUT2D eigenvalue weighted by Gasteiger charge is -2.30. The van der Waals surface area contributed by atoms with Crippen LogP contribution in [-0.4, -0.2) is 67.8 Å². The number of allylic oxidation sites excluding steroid dienone is 1. The summed E-state index contributed by atoms with van der Waals surface area (Å²) in [4.78, 5) is 34.7. The monoisotopic (exact) mass is 499 g/mol. The number of hydrogen-bond donors (Lipinski definition) is 0. The van der Waals surface area contributed by atoms with Crippen LogP contribution in [0.2, 0.25) is 0 Å². The predicted molar refractivity (Wildman–Crippen MR) is 130 cm³/mol. The fourth-order valence-corrected chi connectivity index (χ4v) is 4.22. The zero-order valence-electron chi connectivity index (χ0n) is 21.6. The van der Waals surface area contributed by atoms with Crippen LogP contribution in [0.25, 0.3) is 17.1 Å². The Labute approximate surface area is 210 Å². The highest BCUT2D eigenvalue weighted by atomic mass is 16.6. The second kappa shape index (κ2) is 10.3. The van der Waals surface area contributed by atoms with E-state index in [1.807, 2.05) is 28.4 Å². The van der Waals surface area contributed by atoms with Gasteiger partial charge in [-0.3, -0.25) is 0 Å². The average Bonchev–Trinajstić information content (AvgIpc) is 3.39. The van der Waals surface area contributed by atoms with Crippen molar-refractivity contribution in [2.45, 2.75) is 72.3 Å². The molecule has 2 aliphatic rings. The molecule has 11 nitrogen and oxygen atoms in total. The third-order valence-electron chi connectivity index (χ3n) is 5.94. The summed E-state index contributed by atoms with van der Waals surface area (Å²) in [6.45, 7) is 11.9. The normalized spacial score (nSPS) is 17.4. The number of imidazole rings is 1. The lowest BCUT2D eigenvalue weighted by atomic mass is 10.0. The molecule has 3 heterocycles. The smallest absolute Gasteiger partial charge is 0.350 e. The number of aryl methyl sites for hydroxylation is 1. The zero-order valence-corrected chi connectivity index (χ0v) is 21.6. The van der Waals surface area contributed by atoms with E-state index in [9.17, 15) is 9.59 Å². The van der Waals surface area contributed by atoms with Crippen molar-refractivity contribution in [3.63, 3.8) is 0 Å². The first-order chi connectivity index (χ1) is 17.2. The molecule has 0 N–H and O–H groups in total. The van der Waals surface area contributed by atoms with Crippen molar-refractivity contribution in [2.75, 3.05) is 19.8 Å². The molecular formula is C25H33N5O6. The minimum Gasteiger partial charge on any atom is -0.491 e. The fourth-order valence-electron chi connectivity index (χ4n) is 4.22. The Balaban J connectivity index is 1.62. The summed E-state index contributed by atoms with van der Waals surface area (Å²) in [5, 5.41) is 4.50. The number of carbonyl (C=O) groups excluding carboxylic acids is 2. The largest absolute Gasteiger partial charge is 0.491 e. The summed E-state index contributed by atoms with van der Waals surface area (Å²) in [7, 11) is 0. The van der Waals surface area contributed by atoms with Gasteiger partial charge in [0.2, 0.25) is 0 Å². The maximum Gasteiger partial charge on any atom is 0.350 e. The van der Waals surface area contributed by atoms with Crippen molar-refractivity contribution >= 4 is 17.5 Å². The molecule has 2 aromatic rings. The Hall–Kier alpha value is -3.47. The highest BCUT2D eigenvalue weighted by molar-refractivity contribution is 6.03. The number of nitrogens with zero attached hydrogens (tertiary/aromatic N) is 5. The maximum absolute atomic E-state index is 12.6. The van der Waals surface area contributed by atoms with Gasteiger partial charge >= 0.3 is 11.9 Å². The van der Waals surface area contributed by atoms with Crippen LogP contribution in [0.15, 0.2) is 24.1 Å². The Morgan fingerprint density at radius 1 is 1.17 bits per heavy atom. The first kappa shape index (κ1) is 25.6. The van der Waals surface area contributed by atoms with Crippen LogP contribution in [-0.2, 0) is 35.1 Å². The molecule has 0 saturated heterocycles. The summed E-state index contributed by atoms with van der Waals surface area (Å²) in [5.41, 5.74) is -0.342. The average molecular weight is 500 g/mol. The van der Waals surface area contributed by atoms with Gasteiger partial charge in [-0.25, -0.2) is 24.2 Å². The van der Waals surface area contributed by atoms with E-state index in [2.05, 4.69) is 23.9 Å². The van der Waals surface area contributed by atoms with Crippen molar-refractivity contribution in [3.8, 4) is 11.5 Å². The lowest BCUT2D eigenvalue weighted by Crippen LogP contribution is -2.50. The zero-order chi connectivity index (χ0) is 26.0. The van der Waals surface area contributed by atoms with Gasteiger partial charge in [0.15, 0.2) is 5.82 Å². The van der Waals surface area contributed by atoms with Crippen molar-refractivity contribution in [1.82, 2.24) is 24.3 Å². The molecule has 0 amide bonds. The Bertz CT molecular complexity index is 1190. The Kier molecular flexibility index (Phi) is 7.30. The van der Waals surface area contributed by atoms with E-state index in [1.54, 1.807) is 19.9 Å². The standard InChI is InChI=1S/C25H33N5O6/c1-7-33-23(31)25(6,24(32)34-8-2)36-17-9-10-18-20(13-17)35-12-11-29-14-19(27-21(18)29)22-26-16(5)28-30(22)15(3)4/h10,13-15,17H,7-9,11-12H2,1-6H3. The summed E-state index contributed by atoms with van der Waals surface area (Å²) < 4.78 is 26.1. The second-order valence-electron chi connectivity index (χ2n) is 9.03. The summed E-state index contributed by atoms with van der Waals surface area (Å²) in [6, 6.07) is 0.140. The molecule has 2 aromatic heterocycles. The highest BCUT2D eigenvalue weighted by Gasteiger charge is 2.47. The molecule has 1 unspecified atom stereocenters. The van der Waals surface area contributed by atoms with E-state index in [1.165, 1.54) is 6.92 Å². The van der Waals surface area contributed by atoms with Crippen molar-refractivity contribution in [2.24, 2.45) is 0 Å². The van der Waals surface area contributed by atoms with Gasteiger partial charge in [-0.05, 0) is 54.0 Å². The predicted octanol–water partition coefficient (Wildman–Crippen LogP) is 3.00. The van der Waals surface area contributed by atoms with Gasteiger partial charge < -0.3 is 23.5 Å². The maximum atomic E-state index is 12.6. The molecule has 194 valence electrons. The number of aromatic nitrogens is 5. The Morgan fingerprint density at radius 3 is 2.50 bits per heavy atom. The van der Waals surface area contributed by atoms with E-state index in [0.717, 1.165) is 17.1 Å². The quantitative estimate of drug-likeness (QED) is 0.399. The van der Waals surface area contributed by atoms with Crippen molar-refractivity contribution in [1.29, 1.82) is 0 Å². The van der Waals surface area contributed by atoms with Gasteiger partial charge in [-0.2, -0.15) is 5.10 Å². The number of fused-ring (bicyclic) bond motifs is 3. The molecule has 1 aliphatic heterocycles. The lowest BCUT2D eigenvalue weighted by molar-refractivity contribution is -0.192. The van der Waals surface area contributed by atoms with E-state index >= 15 is 0 Å². The number of hydrogen-bond acceptors (Lipinski definition) is 9. The molecule has 36 heavy (non-hydrogen) atoms. The van der Waals surface area contributed by atoms with Crippen LogP contribution in [0, 0.1) is 6.92 Å². The van der Waals surface area contributed by atoms with Crippen molar-refractivity contribution in [3.05, 3.63) is 35.8 Å². The van der Waals surface area contributed by atoms with Crippen LogP contribution in [0.5, 0.6) is 0 Å². The van der Waals surface area contributed by atoms with E-state index in [0.29, 0.717) is 37.0 Å². The third kappa shape index (κ3) is 4.79. The first-order valence-electron chi connectivity index (χ1n) is 12.3. The van der Waals surface area contributed by atoms with Gasteiger partial charge in [0.1, 0.15) is 29.7 Å². The molecule has 11 heteroatoms. The van der Waals surface area contributed by atoms with E-state index in [4.69, 9.17) is 23.9 Å². The van der Waals surface area contributed by atoms with Gasteiger partial charge in [-0.1, -0.05) is 6.08 Å². The van der Waals surface area contributed by atoms with Crippen LogP contribution in [0.1, 0.15) is 58.7 Å². The van der Waals surface area contributed by atoms with Crippen molar-refractivity contribution < 1.29 is 28.5 Å². The number of rotatable bonds is 8. The molecule has 0 radical (unpaired) electrons. The van der Waals surface area contributed by atoms with Crippen LogP contribution in [0.3, 0.4) is 0 Å². The number of carbonyl (C=O) groups is 2. The first-order valence-corrected chi connectivity index (χ1v) is 12.3. The topological polar surface area (TPSA) is 120 Å². The van der Waals surface area contributed by atoms with Gasteiger partial charge in [-0.15, -0.1) is 0 Å². The fraction of sp³-hybridized carbons (Fsp3) is 0.560. The van der Waals surface area contributed by atoms with Gasteiger partial charge in [0.25, 0.3) is 5.60 Å². The van der Waals surface area contributed by atoms with E-state index < -0.39 is 23.6 Å². The minimum atomic E-state index is -1.89. The molecule has 0 saturated carbocycles. The molecule has 1 atom stereocenters. The highest BCUT2D eigenvalue weighted by Crippen LogP contribution is 2.35. The molecule has 0 fully saturated rings. The third-order valence-corrected chi connectivity index (χ3v) is 5.94. The van der Waals surface area contributed by atoms with E-state index in [-0.39, 0.29) is 19.3 Å². The van der Waals surface area contributed by atoms with Gasteiger partial charge in [0.05, 0.1) is 31.4 Å². The molecule has 0 spiro atoms. The van der Waals surface area contributed by atoms with Crippen LogP contribution < -0.4 is 0 Å². The molecule has 0 aromatic carbocycles. The number of esters is 2. The summed E-state index contributed by atoms with van der Waals surface area (Å²) in [5.74, 6) is 1.16. The van der Waals surface area contributed by atoms with Crippen LogP contribution in [0.4, 0.5) is 0 Å². The molecule has 1 aliphatic carbocycles. The summed E-state index contributed by atoms with van der Waals surface area (Å²) >= 11 is 0.